The predicted octanol–water partition coefficient (Wildman–Crippen LogP) is 1.39. The van der Waals surface area contributed by atoms with Crippen molar-refractivity contribution in [3.8, 4) is 0 Å². The molecule has 0 atom stereocenters. The van der Waals surface area contributed by atoms with Crippen LogP contribution in [0.3, 0.4) is 0 Å². The lowest BCUT2D eigenvalue weighted by Gasteiger charge is -2.06. The lowest BCUT2D eigenvalue weighted by Crippen LogP contribution is -2.26. The summed E-state index contributed by atoms with van der Waals surface area (Å²) in [6, 6.07) is 0. The maximum atomic E-state index is 10.5. The smallest absolute Gasteiger partial charge is 0.407 e. The molecule has 3 heteroatoms. The Morgan fingerprint density at radius 3 is 2.67 bits per heavy atom. The van der Waals surface area contributed by atoms with Crippen molar-refractivity contribution in [1.82, 2.24) is 5.32 Å². The van der Waals surface area contributed by atoms with E-state index in [1.165, 1.54) is 0 Å². The minimum Gasteiger partial charge on any atom is -0.447 e. The molecule has 9 heavy (non-hydrogen) atoms. The number of carbonyl (C=O) groups excluding carboxylic acids is 1. The van der Waals surface area contributed by atoms with Gasteiger partial charge in [0.05, 0.1) is 6.10 Å². The van der Waals surface area contributed by atoms with Gasteiger partial charge < -0.3 is 10.1 Å². The van der Waals surface area contributed by atoms with Gasteiger partial charge in [0.2, 0.25) is 0 Å². The number of nitrogens with one attached hydrogen (secondary N) is 1. The van der Waals surface area contributed by atoms with Gasteiger partial charge in [0.1, 0.15) is 0 Å². The molecule has 0 aliphatic heterocycles. The zero-order valence-corrected chi connectivity index (χ0v) is 6.10. The van der Waals surface area contributed by atoms with Crippen molar-refractivity contribution in [1.29, 1.82) is 0 Å². The minimum atomic E-state index is -0.340. The van der Waals surface area contributed by atoms with Crippen LogP contribution in [-0.4, -0.2) is 18.7 Å². The van der Waals surface area contributed by atoms with Crippen LogP contribution in [0, 0.1) is 0 Å². The van der Waals surface area contributed by atoms with Gasteiger partial charge in [-0.15, -0.1) is 0 Å². The van der Waals surface area contributed by atoms with Crippen molar-refractivity contribution in [2.45, 2.75) is 26.9 Å². The second-order valence-corrected chi connectivity index (χ2v) is 1.98. The molecule has 0 unspecified atom stereocenters. The van der Waals surface area contributed by atoms with Gasteiger partial charge in [-0.05, 0) is 20.8 Å². The first-order valence-corrected chi connectivity index (χ1v) is 3.11. The number of amides is 1. The number of ether oxygens (including phenoxy) is 1. The molecule has 0 radical (unpaired) electrons. The molecule has 0 spiro atoms. The Bertz CT molecular complexity index is 95.7. The van der Waals surface area contributed by atoms with Crippen LogP contribution in [0.1, 0.15) is 22.2 Å². The molecule has 0 heterocycles. The molecule has 0 saturated carbocycles. The van der Waals surface area contributed by atoms with Crippen LogP contribution in [-0.2, 0) is 4.74 Å². The molecule has 0 aliphatic carbocycles. The third kappa shape index (κ3) is 5.14. The SMILES string of the molecule is CCNC(=O)OC(C)C.[HH]. The number of hydrogen-bond acceptors (Lipinski definition) is 2. The summed E-state index contributed by atoms with van der Waals surface area (Å²) < 4.78 is 4.74. The van der Waals surface area contributed by atoms with E-state index in [0.29, 0.717) is 6.54 Å². The van der Waals surface area contributed by atoms with Gasteiger partial charge in [0.25, 0.3) is 0 Å². The highest BCUT2D eigenvalue weighted by Gasteiger charge is 2.00. The van der Waals surface area contributed by atoms with E-state index in [0.717, 1.165) is 0 Å². The molecule has 56 valence electrons. The largest absolute Gasteiger partial charge is 0.447 e. The molecule has 0 aromatic rings. The van der Waals surface area contributed by atoms with E-state index in [-0.39, 0.29) is 13.6 Å². The number of hydrogen-bond donors (Lipinski definition) is 1. The summed E-state index contributed by atoms with van der Waals surface area (Å²) in [6.45, 7) is 6.09. The first kappa shape index (κ1) is 8.27. The van der Waals surface area contributed by atoms with Gasteiger partial charge in [-0.1, -0.05) is 0 Å². The van der Waals surface area contributed by atoms with Crippen LogP contribution in [0.15, 0.2) is 0 Å². The maximum Gasteiger partial charge on any atom is 0.407 e. The molecule has 0 aliphatic rings. The first-order chi connectivity index (χ1) is 4.16. The second-order valence-electron chi connectivity index (χ2n) is 1.98. The Hall–Kier alpha value is -0.730. The summed E-state index contributed by atoms with van der Waals surface area (Å²) in [5, 5.41) is 2.52. The maximum absolute atomic E-state index is 10.5. The average molecular weight is 133 g/mol. The van der Waals surface area contributed by atoms with E-state index in [2.05, 4.69) is 5.32 Å². The summed E-state index contributed by atoms with van der Waals surface area (Å²) in [7, 11) is 0. The van der Waals surface area contributed by atoms with E-state index in [4.69, 9.17) is 4.74 Å². The fourth-order valence-electron chi connectivity index (χ4n) is 0.400. The Kier molecular flexibility index (Phi) is 3.84. The Labute approximate surface area is 56.9 Å². The van der Waals surface area contributed by atoms with Crippen molar-refractivity contribution >= 4 is 6.09 Å². The molecule has 1 N–H and O–H groups in total. The molecule has 1 amide bonds. The molecule has 0 saturated heterocycles. The van der Waals surface area contributed by atoms with Crippen molar-refractivity contribution < 1.29 is 11.0 Å². The lowest BCUT2D eigenvalue weighted by molar-refractivity contribution is 0.116. The van der Waals surface area contributed by atoms with Gasteiger partial charge in [-0.25, -0.2) is 4.79 Å². The summed E-state index contributed by atoms with van der Waals surface area (Å²) in [6.07, 6.45) is -0.371. The summed E-state index contributed by atoms with van der Waals surface area (Å²) in [4.78, 5) is 10.5. The number of alkyl carbamates (subject to hydrolysis) is 1. The second kappa shape index (κ2) is 4.18. The van der Waals surface area contributed by atoms with Crippen LogP contribution in [0.5, 0.6) is 0 Å². The zero-order valence-electron chi connectivity index (χ0n) is 6.10. The van der Waals surface area contributed by atoms with Crippen molar-refractivity contribution in [2.24, 2.45) is 0 Å². The molecule has 0 bridgehead atoms. The van der Waals surface area contributed by atoms with Gasteiger partial charge in [-0.3, -0.25) is 0 Å². The monoisotopic (exact) mass is 133 g/mol. The lowest BCUT2D eigenvalue weighted by atomic mass is 10.5. The first-order valence-electron chi connectivity index (χ1n) is 3.11. The Morgan fingerprint density at radius 1 is 1.78 bits per heavy atom. The molecule has 0 rings (SSSR count). The normalized spacial score (nSPS) is 9.33. The number of rotatable bonds is 2. The minimum absolute atomic E-state index is 0. The van der Waals surface area contributed by atoms with Crippen LogP contribution in [0.4, 0.5) is 4.79 Å². The van der Waals surface area contributed by atoms with Crippen LogP contribution < -0.4 is 5.32 Å². The highest BCUT2D eigenvalue weighted by molar-refractivity contribution is 5.67. The predicted molar refractivity (Wildman–Crippen MR) is 37.4 cm³/mol. The summed E-state index contributed by atoms with van der Waals surface area (Å²) >= 11 is 0. The van der Waals surface area contributed by atoms with Crippen LogP contribution >= 0.6 is 0 Å². The van der Waals surface area contributed by atoms with Gasteiger partial charge in [0.15, 0.2) is 0 Å². The Balaban J connectivity index is 0. The van der Waals surface area contributed by atoms with Gasteiger partial charge >= 0.3 is 6.09 Å². The average Bonchev–Trinajstić information content (AvgIpc) is 1.63. The van der Waals surface area contributed by atoms with Crippen molar-refractivity contribution in [2.75, 3.05) is 6.54 Å². The van der Waals surface area contributed by atoms with Gasteiger partial charge in [-0.2, -0.15) is 0 Å². The molecule has 0 aromatic heterocycles. The standard InChI is InChI=1S/C6H13NO2.H2/c1-4-7-6(8)9-5(2)3;/h5H,4H2,1-3H3,(H,7,8);1H. The van der Waals surface area contributed by atoms with Crippen LogP contribution in [0.25, 0.3) is 0 Å². The fourth-order valence-corrected chi connectivity index (χ4v) is 0.400. The fraction of sp³-hybridized carbons (Fsp3) is 0.833. The third-order valence-corrected chi connectivity index (χ3v) is 0.664. The topological polar surface area (TPSA) is 38.3 Å². The molecule has 0 fully saturated rings. The highest BCUT2D eigenvalue weighted by atomic mass is 16.6. The third-order valence-electron chi connectivity index (χ3n) is 0.664. The van der Waals surface area contributed by atoms with Crippen molar-refractivity contribution in [3.63, 3.8) is 0 Å². The highest BCUT2D eigenvalue weighted by Crippen LogP contribution is 1.86. The summed E-state index contributed by atoms with van der Waals surface area (Å²) in [5.74, 6) is 0. The molecule has 3 nitrogen and oxygen atoms in total. The van der Waals surface area contributed by atoms with E-state index in [9.17, 15) is 4.79 Å². The van der Waals surface area contributed by atoms with Gasteiger partial charge in [0, 0.05) is 7.97 Å². The molecular formula is C6H15NO2. The van der Waals surface area contributed by atoms with E-state index in [1.54, 1.807) is 0 Å². The van der Waals surface area contributed by atoms with Crippen molar-refractivity contribution in [3.05, 3.63) is 0 Å². The van der Waals surface area contributed by atoms with E-state index in [1.807, 2.05) is 20.8 Å². The molecule has 0 aromatic carbocycles. The molecular weight excluding hydrogens is 118 g/mol. The van der Waals surface area contributed by atoms with Crippen LogP contribution in [0.2, 0.25) is 0 Å². The van der Waals surface area contributed by atoms with E-state index >= 15 is 0 Å². The Morgan fingerprint density at radius 2 is 2.33 bits per heavy atom. The van der Waals surface area contributed by atoms with E-state index < -0.39 is 0 Å². The number of carbonyl (C=O) groups is 1. The quantitative estimate of drug-likeness (QED) is 0.618. The zero-order chi connectivity index (χ0) is 7.28. The summed E-state index contributed by atoms with van der Waals surface area (Å²) in [5.41, 5.74) is 0.